The molecule has 0 amide bonds. The quantitative estimate of drug-likeness (QED) is 0.929. The zero-order valence-electron chi connectivity index (χ0n) is 8.98. The van der Waals surface area contributed by atoms with Crippen molar-refractivity contribution in [2.45, 2.75) is 19.5 Å². The van der Waals surface area contributed by atoms with Crippen LogP contribution in [0.3, 0.4) is 0 Å². The van der Waals surface area contributed by atoms with Crippen molar-refractivity contribution in [3.8, 4) is 0 Å². The summed E-state index contributed by atoms with van der Waals surface area (Å²) >= 11 is 5.18. The van der Waals surface area contributed by atoms with E-state index in [9.17, 15) is 0 Å². The maximum atomic E-state index is 4.12. The molecule has 0 fully saturated rings. The molecule has 0 saturated carbocycles. The molecule has 0 radical (unpaired) electrons. The van der Waals surface area contributed by atoms with Gasteiger partial charge >= 0.3 is 0 Å². The zero-order valence-corrected chi connectivity index (χ0v) is 11.4. The highest BCUT2D eigenvalue weighted by Gasteiger charge is 2.04. The van der Waals surface area contributed by atoms with Gasteiger partial charge in [-0.25, -0.2) is 0 Å². The number of hydrogen-bond donors (Lipinski definition) is 1. The number of halogens is 1. The van der Waals surface area contributed by atoms with Crippen LogP contribution in [0.1, 0.15) is 24.1 Å². The Morgan fingerprint density at radius 1 is 1.56 bits per heavy atom. The molecule has 2 aromatic heterocycles. The van der Waals surface area contributed by atoms with Crippen LogP contribution in [-0.2, 0) is 6.54 Å². The number of rotatable bonds is 4. The highest BCUT2D eigenvalue weighted by atomic mass is 79.9. The monoisotopic (exact) mass is 296 g/mol. The van der Waals surface area contributed by atoms with E-state index in [0.29, 0.717) is 6.04 Å². The van der Waals surface area contributed by atoms with Crippen LogP contribution in [0.15, 0.2) is 39.8 Å². The Hall–Kier alpha value is -0.710. The van der Waals surface area contributed by atoms with Gasteiger partial charge in [-0.3, -0.25) is 4.98 Å². The van der Waals surface area contributed by atoms with Crippen LogP contribution in [0.4, 0.5) is 0 Å². The second kappa shape index (κ2) is 5.57. The topological polar surface area (TPSA) is 24.9 Å². The van der Waals surface area contributed by atoms with Gasteiger partial charge in [-0.1, -0.05) is 6.07 Å². The van der Waals surface area contributed by atoms with Crippen molar-refractivity contribution >= 4 is 27.3 Å². The molecule has 0 aliphatic heterocycles. The second-order valence-electron chi connectivity index (χ2n) is 3.65. The molecule has 0 saturated heterocycles. The number of thiophene rings is 1. The van der Waals surface area contributed by atoms with E-state index in [-0.39, 0.29) is 0 Å². The predicted molar refractivity (Wildman–Crippen MR) is 71.5 cm³/mol. The Labute approximate surface area is 108 Å². The van der Waals surface area contributed by atoms with E-state index in [0.717, 1.165) is 6.54 Å². The van der Waals surface area contributed by atoms with Gasteiger partial charge in [-0.15, -0.1) is 11.3 Å². The van der Waals surface area contributed by atoms with E-state index in [1.54, 1.807) is 17.5 Å². The van der Waals surface area contributed by atoms with Gasteiger partial charge in [0.1, 0.15) is 0 Å². The van der Waals surface area contributed by atoms with Crippen molar-refractivity contribution in [2.75, 3.05) is 0 Å². The maximum Gasteiger partial charge on any atom is 0.0701 e. The molecule has 2 aromatic rings. The molecular formula is C12H13BrN2S. The summed E-state index contributed by atoms with van der Waals surface area (Å²) in [5.74, 6) is 0. The van der Waals surface area contributed by atoms with Crippen molar-refractivity contribution in [1.29, 1.82) is 0 Å². The molecule has 0 aromatic carbocycles. The molecule has 4 heteroatoms. The third-order valence-electron chi connectivity index (χ3n) is 2.42. The van der Waals surface area contributed by atoms with Gasteiger partial charge < -0.3 is 5.32 Å². The number of nitrogens with zero attached hydrogens (tertiary/aromatic N) is 1. The first-order chi connectivity index (χ1) is 7.75. The predicted octanol–water partition coefficient (Wildman–Crippen LogP) is 3.76. The fourth-order valence-corrected chi connectivity index (χ4v) is 2.67. The first-order valence-corrected chi connectivity index (χ1v) is 6.79. The molecule has 0 aliphatic rings. The van der Waals surface area contributed by atoms with Crippen LogP contribution in [0.25, 0.3) is 0 Å². The van der Waals surface area contributed by atoms with Crippen LogP contribution in [0.2, 0.25) is 0 Å². The summed E-state index contributed by atoms with van der Waals surface area (Å²) in [4.78, 5) is 4.12. The minimum absolute atomic E-state index is 0.326. The second-order valence-corrected chi connectivity index (χ2v) is 5.94. The van der Waals surface area contributed by atoms with Gasteiger partial charge in [0.2, 0.25) is 0 Å². The van der Waals surface area contributed by atoms with Crippen molar-refractivity contribution in [3.63, 3.8) is 0 Å². The third-order valence-corrected chi connectivity index (χ3v) is 3.97. The highest BCUT2D eigenvalue weighted by molar-refractivity contribution is 9.11. The Morgan fingerprint density at radius 3 is 3.06 bits per heavy atom. The van der Waals surface area contributed by atoms with Gasteiger partial charge in [-0.05, 0) is 51.5 Å². The Kier molecular flexibility index (Phi) is 4.09. The molecule has 2 nitrogen and oxygen atoms in total. The maximum absolute atomic E-state index is 4.12. The largest absolute Gasteiger partial charge is 0.306 e. The average Bonchev–Trinajstić information content (AvgIpc) is 2.73. The molecular weight excluding hydrogens is 284 g/mol. The zero-order chi connectivity index (χ0) is 11.4. The standard InChI is InChI=1S/C12H13BrN2S/c1-9(11-3-2-4-14-7-11)15-6-10-5-12(13)16-8-10/h2-5,7-9,15H,6H2,1H3/t9-/m0/s1. The van der Waals surface area contributed by atoms with Crippen molar-refractivity contribution < 1.29 is 0 Å². The smallest absolute Gasteiger partial charge is 0.0701 e. The Morgan fingerprint density at radius 2 is 2.44 bits per heavy atom. The minimum Gasteiger partial charge on any atom is -0.306 e. The number of hydrogen-bond acceptors (Lipinski definition) is 3. The van der Waals surface area contributed by atoms with Crippen molar-refractivity contribution in [3.05, 3.63) is 50.9 Å². The summed E-state index contributed by atoms with van der Waals surface area (Å²) in [6.07, 6.45) is 3.70. The normalized spacial score (nSPS) is 12.6. The molecule has 0 spiro atoms. The molecule has 16 heavy (non-hydrogen) atoms. The number of pyridine rings is 1. The lowest BCUT2D eigenvalue weighted by Gasteiger charge is -2.12. The van der Waals surface area contributed by atoms with Crippen LogP contribution in [-0.4, -0.2) is 4.98 Å². The van der Waals surface area contributed by atoms with E-state index in [2.05, 4.69) is 50.7 Å². The van der Waals surface area contributed by atoms with Crippen molar-refractivity contribution in [2.24, 2.45) is 0 Å². The molecule has 0 unspecified atom stereocenters. The lowest BCUT2D eigenvalue weighted by molar-refractivity contribution is 0.574. The van der Waals surface area contributed by atoms with E-state index in [1.807, 2.05) is 12.3 Å². The summed E-state index contributed by atoms with van der Waals surface area (Å²) < 4.78 is 1.18. The molecule has 1 atom stereocenters. The Bertz CT molecular complexity index is 441. The lowest BCUT2D eigenvalue weighted by Crippen LogP contribution is -2.17. The average molecular weight is 297 g/mol. The summed E-state index contributed by atoms with van der Waals surface area (Å²) in [6.45, 7) is 3.04. The number of nitrogens with one attached hydrogen (secondary N) is 1. The van der Waals surface area contributed by atoms with E-state index >= 15 is 0 Å². The van der Waals surface area contributed by atoms with Gasteiger partial charge in [0.25, 0.3) is 0 Å². The fraction of sp³-hybridized carbons (Fsp3) is 0.250. The first kappa shape index (κ1) is 11.8. The van der Waals surface area contributed by atoms with Crippen LogP contribution in [0.5, 0.6) is 0 Å². The minimum atomic E-state index is 0.326. The molecule has 2 rings (SSSR count). The SMILES string of the molecule is C[C@H](NCc1csc(Br)c1)c1cccnc1. The number of aromatic nitrogens is 1. The first-order valence-electron chi connectivity index (χ1n) is 5.12. The molecule has 1 N–H and O–H groups in total. The van der Waals surface area contributed by atoms with E-state index in [1.165, 1.54) is 14.9 Å². The summed E-state index contributed by atoms with van der Waals surface area (Å²) in [5, 5.41) is 5.63. The lowest BCUT2D eigenvalue weighted by atomic mass is 10.1. The molecule has 0 aliphatic carbocycles. The third kappa shape index (κ3) is 3.14. The van der Waals surface area contributed by atoms with Crippen LogP contribution < -0.4 is 5.32 Å². The molecule has 2 heterocycles. The van der Waals surface area contributed by atoms with E-state index in [4.69, 9.17) is 0 Å². The van der Waals surface area contributed by atoms with E-state index < -0.39 is 0 Å². The van der Waals surface area contributed by atoms with Crippen LogP contribution >= 0.6 is 27.3 Å². The summed E-state index contributed by atoms with van der Waals surface area (Å²) in [5.41, 5.74) is 2.53. The van der Waals surface area contributed by atoms with Crippen molar-refractivity contribution in [1.82, 2.24) is 10.3 Å². The van der Waals surface area contributed by atoms with Gasteiger partial charge in [0.05, 0.1) is 3.79 Å². The summed E-state index contributed by atoms with van der Waals surface area (Å²) in [6, 6.07) is 6.53. The van der Waals surface area contributed by atoms with Crippen LogP contribution in [0, 0.1) is 0 Å². The fourth-order valence-electron chi connectivity index (χ4n) is 1.46. The van der Waals surface area contributed by atoms with Gasteiger partial charge in [0, 0.05) is 25.0 Å². The van der Waals surface area contributed by atoms with Gasteiger partial charge in [-0.2, -0.15) is 0 Å². The molecule has 84 valence electrons. The van der Waals surface area contributed by atoms with Gasteiger partial charge in [0.15, 0.2) is 0 Å². The highest BCUT2D eigenvalue weighted by Crippen LogP contribution is 2.21. The Balaban J connectivity index is 1.91. The summed E-state index contributed by atoms with van der Waals surface area (Å²) in [7, 11) is 0. The molecule has 0 bridgehead atoms.